The molecule has 5 heteroatoms. The molecule has 0 unspecified atom stereocenters. The summed E-state index contributed by atoms with van der Waals surface area (Å²) in [7, 11) is 0. The number of esters is 1. The first-order valence-electron chi connectivity index (χ1n) is 8.39. The Bertz CT molecular complexity index is 978. The van der Waals surface area contributed by atoms with Gasteiger partial charge in [-0.2, -0.15) is 0 Å². The summed E-state index contributed by atoms with van der Waals surface area (Å²) in [6.45, 7) is 5.01. The van der Waals surface area contributed by atoms with Crippen molar-refractivity contribution in [3.63, 3.8) is 0 Å². The lowest BCUT2D eigenvalue weighted by Crippen LogP contribution is -2.37. The van der Waals surface area contributed by atoms with Crippen molar-refractivity contribution in [3.8, 4) is 5.75 Å². The number of carbonyl (C=O) groups is 3. The second-order valence-corrected chi connectivity index (χ2v) is 8.18. The van der Waals surface area contributed by atoms with Gasteiger partial charge in [-0.05, 0) is 32.0 Å². The Morgan fingerprint density at radius 2 is 1.77 bits per heavy atom. The molecule has 0 spiro atoms. The van der Waals surface area contributed by atoms with Gasteiger partial charge >= 0.3 is 5.97 Å². The molecule has 132 valence electrons. The summed E-state index contributed by atoms with van der Waals surface area (Å²) < 4.78 is 6.28. The van der Waals surface area contributed by atoms with E-state index in [4.69, 9.17) is 4.74 Å². The summed E-state index contributed by atoms with van der Waals surface area (Å²) >= 11 is 3.42. The molecule has 4 rings (SSSR count). The van der Waals surface area contributed by atoms with Crippen LogP contribution in [0.3, 0.4) is 0 Å². The van der Waals surface area contributed by atoms with Gasteiger partial charge in [0.05, 0.1) is 5.41 Å². The Balaban J connectivity index is 1.91. The van der Waals surface area contributed by atoms with Gasteiger partial charge in [-0.1, -0.05) is 52.7 Å². The molecule has 1 heterocycles. The Labute approximate surface area is 159 Å². The number of aryl methyl sites for hydroxylation is 1. The van der Waals surface area contributed by atoms with Gasteiger partial charge in [0.1, 0.15) is 16.9 Å². The summed E-state index contributed by atoms with van der Waals surface area (Å²) in [5.41, 5.74) is -0.357. The van der Waals surface area contributed by atoms with E-state index in [1.54, 1.807) is 31.2 Å². The van der Waals surface area contributed by atoms with Gasteiger partial charge in [0.15, 0.2) is 5.78 Å². The monoisotopic (exact) mass is 412 g/mol. The molecular formula is C21H17BrO4. The molecule has 3 atom stereocenters. The van der Waals surface area contributed by atoms with Crippen LogP contribution in [-0.2, 0) is 9.59 Å². The molecular weight excluding hydrogens is 396 g/mol. The van der Waals surface area contributed by atoms with Gasteiger partial charge < -0.3 is 4.74 Å². The number of fused-ring (bicyclic) bond motifs is 3. The third-order valence-electron chi connectivity index (χ3n) is 5.89. The van der Waals surface area contributed by atoms with Gasteiger partial charge in [0.25, 0.3) is 0 Å². The predicted molar refractivity (Wildman–Crippen MR) is 99.2 cm³/mol. The summed E-state index contributed by atoms with van der Waals surface area (Å²) in [4.78, 5) is 38.8. The molecule has 1 aliphatic carbocycles. The number of carbonyl (C=O) groups excluding carboxylic acids is 3. The van der Waals surface area contributed by atoms with E-state index in [2.05, 4.69) is 15.9 Å². The fourth-order valence-corrected chi connectivity index (χ4v) is 4.92. The molecule has 1 saturated carbocycles. The van der Waals surface area contributed by atoms with E-state index >= 15 is 0 Å². The molecule has 0 radical (unpaired) electrons. The van der Waals surface area contributed by atoms with Gasteiger partial charge in [-0.25, -0.2) is 0 Å². The number of benzene rings is 2. The highest BCUT2D eigenvalue weighted by molar-refractivity contribution is 9.10. The number of hydrogen-bond donors (Lipinski definition) is 0. The smallest absolute Gasteiger partial charge is 0.326 e. The van der Waals surface area contributed by atoms with E-state index in [-0.39, 0.29) is 11.6 Å². The quantitative estimate of drug-likeness (QED) is 0.327. The van der Waals surface area contributed by atoms with Crippen LogP contribution >= 0.6 is 15.9 Å². The fraction of sp³-hybridized carbons (Fsp3) is 0.286. The van der Waals surface area contributed by atoms with Crippen LogP contribution in [0.5, 0.6) is 5.75 Å². The van der Waals surface area contributed by atoms with Crippen LogP contribution in [0.2, 0.25) is 0 Å². The van der Waals surface area contributed by atoms with Crippen molar-refractivity contribution in [2.45, 2.75) is 26.7 Å². The molecule has 2 aliphatic rings. The van der Waals surface area contributed by atoms with Crippen molar-refractivity contribution < 1.29 is 19.1 Å². The standard InChI is InChI=1S/C21H17BrO4/c1-11-4-6-13(7-5-11)18(24)20(3)17-15-10-14(22)8-9-16(15)26-19(25)21(17,20)12(2)23/h4-10,17H,1-3H3/t17-,20+,21+/m0/s1. The maximum Gasteiger partial charge on any atom is 0.326 e. The summed E-state index contributed by atoms with van der Waals surface area (Å²) in [5, 5.41) is 0. The first-order valence-corrected chi connectivity index (χ1v) is 9.18. The van der Waals surface area contributed by atoms with Crippen LogP contribution in [0.15, 0.2) is 46.9 Å². The maximum atomic E-state index is 13.4. The highest BCUT2D eigenvalue weighted by atomic mass is 79.9. The second kappa shape index (κ2) is 5.36. The zero-order chi connectivity index (χ0) is 18.9. The molecule has 4 nitrogen and oxygen atoms in total. The minimum atomic E-state index is -1.46. The van der Waals surface area contributed by atoms with Crippen molar-refractivity contribution in [1.82, 2.24) is 0 Å². The molecule has 0 amide bonds. The lowest BCUT2D eigenvalue weighted by Gasteiger charge is -2.21. The Morgan fingerprint density at radius 1 is 1.12 bits per heavy atom. The van der Waals surface area contributed by atoms with Gasteiger partial charge in [-0.15, -0.1) is 0 Å². The SMILES string of the molecule is CC(=O)[C@]12C(=O)Oc3ccc(Br)cc3[C@H]1[C@]2(C)C(=O)c1ccc(C)cc1. The van der Waals surface area contributed by atoms with Crippen LogP contribution in [0.1, 0.15) is 41.3 Å². The minimum absolute atomic E-state index is 0.206. The van der Waals surface area contributed by atoms with Crippen molar-refractivity contribution in [2.75, 3.05) is 0 Å². The van der Waals surface area contributed by atoms with E-state index in [0.29, 0.717) is 11.3 Å². The summed E-state index contributed by atoms with van der Waals surface area (Å²) in [6, 6.07) is 12.5. The maximum absolute atomic E-state index is 13.4. The van der Waals surface area contributed by atoms with E-state index in [9.17, 15) is 14.4 Å². The van der Waals surface area contributed by atoms with Gasteiger partial charge in [0, 0.05) is 21.5 Å². The minimum Gasteiger partial charge on any atom is -0.425 e. The molecule has 0 bridgehead atoms. The van der Waals surface area contributed by atoms with Crippen LogP contribution < -0.4 is 4.74 Å². The van der Waals surface area contributed by atoms with Crippen LogP contribution in [-0.4, -0.2) is 17.5 Å². The number of ether oxygens (including phenoxy) is 1. The number of halogens is 1. The van der Waals surface area contributed by atoms with E-state index in [0.717, 1.165) is 15.6 Å². The Hall–Kier alpha value is -2.27. The number of rotatable bonds is 3. The third-order valence-corrected chi connectivity index (χ3v) is 6.39. The third kappa shape index (κ3) is 1.92. The molecule has 1 aliphatic heterocycles. The average Bonchev–Trinajstić information content (AvgIpc) is 3.20. The van der Waals surface area contributed by atoms with E-state index in [1.807, 2.05) is 25.1 Å². The molecule has 2 aromatic carbocycles. The number of Topliss-reactive ketones (excluding diaryl/α,β-unsaturated/α-hetero) is 2. The van der Waals surface area contributed by atoms with Gasteiger partial charge in [0.2, 0.25) is 0 Å². The molecule has 1 fully saturated rings. The van der Waals surface area contributed by atoms with Crippen molar-refractivity contribution in [1.29, 1.82) is 0 Å². The Morgan fingerprint density at radius 3 is 2.38 bits per heavy atom. The van der Waals surface area contributed by atoms with Crippen molar-refractivity contribution in [2.24, 2.45) is 10.8 Å². The molecule has 26 heavy (non-hydrogen) atoms. The summed E-state index contributed by atoms with van der Waals surface area (Å²) in [5.74, 6) is -1.27. The lowest BCUT2D eigenvalue weighted by atomic mass is 9.84. The van der Waals surface area contributed by atoms with Crippen molar-refractivity contribution in [3.05, 3.63) is 63.6 Å². The number of hydrogen-bond acceptors (Lipinski definition) is 4. The predicted octanol–water partition coefficient (Wildman–Crippen LogP) is 4.24. The first-order chi connectivity index (χ1) is 12.2. The highest BCUT2D eigenvalue weighted by Gasteiger charge is 2.86. The van der Waals surface area contributed by atoms with E-state index in [1.165, 1.54) is 6.92 Å². The first kappa shape index (κ1) is 17.2. The van der Waals surface area contributed by atoms with Crippen LogP contribution in [0.4, 0.5) is 0 Å². The van der Waals surface area contributed by atoms with Crippen LogP contribution in [0.25, 0.3) is 0 Å². The highest BCUT2D eigenvalue weighted by Crippen LogP contribution is 2.78. The van der Waals surface area contributed by atoms with Crippen molar-refractivity contribution >= 4 is 33.5 Å². The zero-order valence-electron chi connectivity index (χ0n) is 14.6. The molecule has 2 aromatic rings. The normalized spacial score (nSPS) is 28.6. The number of ketones is 2. The van der Waals surface area contributed by atoms with E-state index < -0.39 is 22.7 Å². The topological polar surface area (TPSA) is 60.4 Å². The second-order valence-electron chi connectivity index (χ2n) is 7.27. The fourth-order valence-electron chi connectivity index (χ4n) is 4.54. The molecule has 0 saturated heterocycles. The lowest BCUT2D eigenvalue weighted by molar-refractivity contribution is -0.147. The van der Waals surface area contributed by atoms with Gasteiger partial charge in [-0.3, -0.25) is 14.4 Å². The Kier molecular flexibility index (Phi) is 3.54. The molecule has 0 N–H and O–H groups in total. The molecule has 0 aromatic heterocycles. The summed E-state index contributed by atoms with van der Waals surface area (Å²) in [6.07, 6.45) is 0. The zero-order valence-corrected chi connectivity index (χ0v) is 16.2. The largest absolute Gasteiger partial charge is 0.425 e. The van der Waals surface area contributed by atoms with Crippen LogP contribution in [0, 0.1) is 17.8 Å². The average molecular weight is 413 g/mol.